The van der Waals surface area contributed by atoms with Gasteiger partial charge in [-0.15, -0.1) is 0 Å². The highest BCUT2D eigenvalue weighted by molar-refractivity contribution is 7.79. The van der Waals surface area contributed by atoms with Crippen LogP contribution in [0.4, 0.5) is 5.69 Å². The number of carbonyl (C=O) groups excluding carboxylic acids is 1. The molecule has 39 heavy (non-hydrogen) atoms. The van der Waals surface area contributed by atoms with Crippen LogP contribution in [0.2, 0.25) is 10.0 Å². The Hall–Kier alpha value is -3.55. The number of hydrogen-bond donors (Lipinski definition) is 1. The number of carbonyl (C=O) groups is 1. The summed E-state index contributed by atoms with van der Waals surface area (Å²) < 4.78 is 27.8. The van der Waals surface area contributed by atoms with E-state index >= 15 is 0 Å². The quantitative estimate of drug-likeness (QED) is 0.249. The zero-order valence-electron chi connectivity index (χ0n) is 20.6. The third-order valence-electron chi connectivity index (χ3n) is 6.77. The van der Waals surface area contributed by atoms with Crippen molar-refractivity contribution < 1.29 is 18.1 Å². The van der Waals surface area contributed by atoms with E-state index < -0.39 is 21.7 Å². The predicted molar refractivity (Wildman–Crippen MR) is 147 cm³/mol. The van der Waals surface area contributed by atoms with Crippen molar-refractivity contribution in [3.8, 4) is 17.5 Å². The molecule has 1 aromatic heterocycles. The van der Waals surface area contributed by atoms with Crippen LogP contribution in [0.5, 0.6) is 0 Å². The molecule has 0 radical (unpaired) electrons. The molecule has 11 heteroatoms. The third-order valence-corrected chi connectivity index (χ3v) is 8.22. The monoisotopic (exact) mass is 579 g/mol. The first-order valence-corrected chi connectivity index (χ1v) is 13.9. The minimum atomic E-state index is -2.21. The molecule has 0 spiro atoms. The summed E-state index contributed by atoms with van der Waals surface area (Å²) in [4.78, 5) is 17.3. The fraction of sp³-hybridized carbons (Fsp3) is 0.214. The number of anilines is 1. The van der Waals surface area contributed by atoms with Crippen LogP contribution >= 0.6 is 23.2 Å². The lowest BCUT2D eigenvalue weighted by atomic mass is 9.94. The number of amides is 1. The van der Waals surface area contributed by atoms with Gasteiger partial charge < -0.3 is 14.4 Å². The molecule has 2 unspecified atom stereocenters. The molecule has 2 atom stereocenters. The van der Waals surface area contributed by atoms with E-state index in [4.69, 9.17) is 33.0 Å². The first-order valence-electron chi connectivity index (χ1n) is 12.0. The summed E-state index contributed by atoms with van der Waals surface area (Å²) in [6.45, 7) is 1.60. The van der Waals surface area contributed by atoms with Crippen LogP contribution in [0, 0.1) is 11.3 Å². The van der Waals surface area contributed by atoms with Gasteiger partial charge in [0.1, 0.15) is 0 Å². The van der Waals surface area contributed by atoms with E-state index in [0.29, 0.717) is 49.7 Å². The van der Waals surface area contributed by atoms with Crippen molar-refractivity contribution >= 4 is 45.9 Å². The largest absolute Gasteiger partial charge is 0.772 e. The summed E-state index contributed by atoms with van der Waals surface area (Å²) in [6.07, 6.45) is 1.56. The summed E-state index contributed by atoms with van der Waals surface area (Å²) >= 11 is 11.1. The second kappa shape index (κ2) is 10.9. The fourth-order valence-corrected chi connectivity index (χ4v) is 5.67. The van der Waals surface area contributed by atoms with Crippen molar-refractivity contribution in [2.24, 2.45) is 0 Å². The molecule has 3 aromatic carbocycles. The third kappa shape index (κ3) is 5.60. The van der Waals surface area contributed by atoms with Crippen LogP contribution in [-0.2, 0) is 27.7 Å². The van der Waals surface area contributed by atoms with E-state index in [2.05, 4.69) is 21.5 Å². The molecule has 1 heterocycles. The van der Waals surface area contributed by atoms with Crippen molar-refractivity contribution in [1.29, 1.82) is 5.26 Å². The number of aromatic nitrogens is 2. The maximum Gasteiger partial charge on any atom is 0.257 e. The lowest BCUT2D eigenvalue weighted by Crippen LogP contribution is -2.16. The molecule has 1 N–H and O–H groups in total. The van der Waals surface area contributed by atoms with Crippen molar-refractivity contribution in [3.05, 3.63) is 98.8 Å². The van der Waals surface area contributed by atoms with E-state index in [1.807, 2.05) is 0 Å². The second-order valence-electron chi connectivity index (χ2n) is 9.38. The number of hydrogen-bond acceptors (Lipinski definition) is 7. The highest BCUT2D eigenvalue weighted by atomic mass is 35.5. The van der Waals surface area contributed by atoms with Crippen molar-refractivity contribution in [2.45, 2.75) is 36.9 Å². The summed E-state index contributed by atoms with van der Waals surface area (Å²) in [5.41, 5.74) is 3.16. The Morgan fingerprint density at radius 2 is 1.79 bits per heavy atom. The van der Waals surface area contributed by atoms with Crippen molar-refractivity contribution in [3.63, 3.8) is 0 Å². The van der Waals surface area contributed by atoms with Crippen LogP contribution in [0.25, 0.3) is 11.5 Å². The molecule has 1 fully saturated rings. The number of nitrogens with zero attached hydrogens (tertiary/aromatic N) is 3. The molecule has 1 amide bonds. The van der Waals surface area contributed by atoms with Gasteiger partial charge in [-0.05, 0) is 78.4 Å². The smallest absolute Gasteiger partial charge is 0.257 e. The van der Waals surface area contributed by atoms with E-state index in [1.54, 1.807) is 67.6 Å². The summed E-state index contributed by atoms with van der Waals surface area (Å²) in [5, 5.41) is 16.2. The van der Waals surface area contributed by atoms with Gasteiger partial charge in [0.05, 0.1) is 23.5 Å². The van der Waals surface area contributed by atoms with E-state index in [9.17, 15) is 13.6 Å². The zero-order valence-corrected chi connectivity index (χ0v) is 22.9. The summed E-state index contributed by atoms with van der Waals surface area (Å²) in [5.74, 6) is 0.538. The Labute approximate surface area is 237 Å². The molecule has 1 aliphatic rings. The van der Waals surface area contributed by atoms with Crippen LogP contribution in [0.1, 0.15) is 53.1 Å². The number of rotatable bonds is 8. The minimum Gasteiger partial charge on any atom is -0.772 e. The first-order chi connectivity index (χ1) is 18.7. The van der Waals surface area contributed by atoms with Gasteiger partial charge in [-0.25, -0.2) is 0 Å². The second-order valence-corrected chi connectivity index (χ2v) is 11.4. The standard InChI is InChI=1S/C28H22Cl2N4O4S/c1-16(39(36)37)19-6-2-17(3-7-19)12-24(35)32-21-13-22(29)25(23(30)14-21)28(10-11-28)27-33-26(38-34-27)20-8-4-18(15-31)5-9-20/h2-9,13-14,16H,10-12H2,1H3,(H,32,35)(H,36,37)/p-1. The van der Waals surface area contributed by atoms with Crippen LogP contribution in [0.15, 0.2) is 65.2 Å². The van der Waals surface area contributed by atoms with Gasteiger partial charge in [0.25, 0.3) is 5.89 Å². The van der Waals surface area contributed by atoms with Gasteiger partial charge in [0.2, 0.25) is 5.91 Å². The maximum absolute atomic E-state index is 12.7. The SMILES string of the molecule is CC(c1ccc(CC(=O)Nc2cc(Cl)c(C3(c4noc(-c5ccc(C#N)cc5)n4)CC3)c(Cl)c2)cc1)S(=O)[O-]. The maximum atomic E-state index is 12.7. The van der Waals surface area contributed by atoms with E-state index in [-0.39, 0.29) is 12.3 Å². The van der Waals surface area contributed by atoms with E-state index in [0.717, 1.165) is 18.4 Å². The van der Waals surface area contributed by atoms with Crippen LogP contribution < -0.4 is 5.32 Å². The molecule has 0 bridgehead atoms. The average Bonchev–Trinajstić information content (AvgIpc) is 3.54. The van der Waals surface area contributed by atoms with Crippen LogP contribution in [-0.4, -0.2) is 24.8 Å². The Morgan fingerprint density at radius 1 is 1.15 bits per heavy atom. The molecule has 5 rings (SSSR count). The number of nitrogens with one attached hydrogen (secondary N) is 1. The van der Waals surface area contributed by atoms with Gasteiger partial charge in [-0.3, -0.25) is 9.00 Å². The van der Waals surface area contributed by atoms with Gasteiger partial charge >= 0.3 is 0 Å². The molecular weight excluding hydrogens is 559 g/mol. The lowest BCUT2D eigenvalue weighted by Gasteiger charge is -2.17. The number of nitriles is 1. The molecule has 4 aromatic rings. The van der Waals surface area contributed by atoms with Gasteiger partial charge in [0.15, 0.2) is 5.82 Å². The molecule has 0 aliphatic heterocycles. The number of halogens is 2. The molecule has 0 saturated heterocycles. The Kier molecular flexibility index (Phi) is 7.56. The van der Waals surface area contributed by atoms with Crippen molar-refractivity contribution in [2.75, 3.05) is 5.32 Å². The van der Waals surface area contributed by atoms with Crippen LogP contribution in [0.3, 0.4) is 0 Å². The predicted octanol–water partition coefficient (Wildman–Crippen LogP) is 6.12. The number of benzene rings is 3. The topological polar surface area (TPSA) is 132 Å². The zero-order chi connectivity index (χ0) is 27.7. The molecule has 198 valence electrons. The summed E-state index contributed by atoms with van der Waals surface area (Å²) in [7, 11) is 0. The Bertz CT molecular complexity index is 1590. The molecule has 1 aliphatic carbocycles. The Morgan fingerprint density at radius 3 is 2.36 bits per heavy atom. The van der Waals surface area contributed by atoms with E-state index in [1.165, 1.54) is 0 Å². The molecular formula is C28H21Cl2N4O4S-. The minimum absolute atomic E-state index is 0.0943. The highest BCUT2D eigenvalue weighted by Gasteiger charge is 2.52. The Balaban J connectivity index is 1.31. The lowest BCUT2D eigenvalue weighted by molar-refractivity contribution is -0.115. The van der Waals surface area contributed by atoms with Gasteiger partial charge in [0, 0.05) is 32.1 Å². The fourth-order valence-electron chi connectivity index (χ4n) is 4.44. The summed E-state index contributed by atoms with van der Waals surface area (Å²) in [6, 6.07) is 19.1. The van der Waals surface area contributed by atoms with Gasteiger partial charge in [-0.2, -0.15) is 10.2 Å². The normalized spacial score (nSPS) is 15.3. The van der Waals surface area contributed by atoms with Crippen molar-refractivity contribution in [1.82, 2.24) is 10.1 Å². The highest BCUT2D eigenvalue weighted by Crippen LogP contribution is 2.57. The molecule has 8 nitrogen and oxygen atoms in total. The first kappa shape index (κ1) is 27.0. The van der Waals surface area contributed by atoms with Gasteiger partial charge in [-0.1, -0.05) is 52.6 Å². The average molecular weight is 580 g/mol. The molecule has 1 saturated carbocycles.